The molecule has 0 bridgehead atoms. The smallest absolute Gasteiger partial charge is 0.377 e. The lowest BCUT2D eigenvalue weighted by atomic mass is 9.98. The molecule has 3 rings (SSSR count). The second kappa shape index (κ2) is 8.00. The van der Waals surface area contributed by atoms with E-state index in [1.807, 2.05) is 0 Å². The Morgan fingerprint density at radius 3 is 1.86 bits per heavy atom. The third kappa shape index (κ3) is 4.60. The van der Waals surface area contributed by atoms with Gasteiger partial charge in [-0.25, -0.2) is 18.6 Å². The van der Waals surface area contributed by atoms with Crippen LogP contribution in [0.25, 0.3) is 0 Å². The molecular weight excluding hydrogens is 384 g/mol. The second-order valence-electron chi connectivity index (χ2n) is 6.75. The molecule has 6 nitrogen and oxygen atoms in total. The van der Waals surface area contributed by atoms with Crippen LogP contribution in [0.15, 0.2) is 60.4 Å². The monoisotopic (exact) mass is 403 g/mol. The Labute approximate surface area is 166 Å². The van der Waals surface area contributed by atoms with Crippen LogP contribution in [0.5, 0.6) is 0 Å². The van der Waals surface area contributed by atoms with Crippen molar-refractivity contribution in [1.29, 1.82) is 0 Å². The van der Waals surface area contributed by atoms with Gasteiger partial charge >= 0.3 is 5.97 Å². The highest BCUT2D eigenvalue weighted by atomic mass is 19.1. The molecule has 1 aliphatic heterocycles. The van der Waals surface area contributed by atoms with Crippen LogP contribution in [-0.2, 0) is 23.9 Å². The first-order chi connectivity index (χ1) is 13.7. The van der Waals surface area contributed by atoms with E-state index in [9.17, 15) is 18.4 Å². The van der Waals surface area contributed by atoms with Crippen LogP contribution < -0.4 is 0 Å². The summed E-state index contributed by atoms with van der Waals surface area (Å²) in [7, 11) is 1.27. The predicted molar refractivity (Wildman–Crippen MR) is 97.8 cm³/mol. The minimum Gasteiger partial charge on any atom is -0.445 e. The number of hydrogen-bond acceptors (Lipinski definition) is 5. The van der Waals surface area contributed by atoms with Gasteiger partial charge in [0.05, 0.1) is 13.2 Å². The minimum atomic E-state index is -1.19. The number of carbonyl (C=O) groups is 2. The molecule has 0 aromatic heterocycles. The van der Waals surface area contributed by atoms with Crippen molar-refractivity contribution >= 4 is 11.9 Å². The molecule has 1 aliphatic rings. The minimum absolute atomic E-state index is 0.265. The highest BCUT2D eigenvalue weighted by Crippen LogP contribution is 2.31. The summed E-state index contributed by atoms with van der Waals surface area (Å²) in [4.78, 5) is 30.1. The molecule has 1 amide bonds. The second-order valence-corrected chi connectivity index (χ2v) is 6.75. The number of hydrogen-bond donors (Lipinski definition) is 0. The van der Waals surface area contributed by atoms with Gasteiger partial charge in [-0.2, -0.15) is 0 Å². The number of ether oxygens (including phenoxy) is 2. The number of hydroxylamine groups is 2. The highest BCUT2D eigenvalue weighted by Gasteiger charge is 2.38. The number of esters is 1. The average Bonchev–Trinajstić information content (AvgIpc) is 2.92. The summed E-state index contributed by atoms with van der Waals surface area (Å²) in [5.74, 6) is -3.84. The molecule has 0 spiro atoms. The van der Waals surface area contributed by atoms with Gasteiger partial charge in [0.1, 0.15) is 17.7 Å². The van der Waals surface area contributed by atoms with Crippen molar-refractivity contribution < 1.29 is 32.7 Å². The average molecular weight is 403 g/mol. The van der Waals surface area contributed by atoms with E-state index in [1.54, 1.807) is 0 Å². The Kier molecular flexibility index (Phi) is 5.65. The summed E-state index contributed by atoms with van der Waals surface area (Å²) in [5, 5.41) is 0.982. The van der Waals surface area contributed by atoms with Crippen molar-refractivity contribution in [1.82, 2.24) is 5.06 Å². The molecule has 0 saturated carbocycles. The zero-order valence-corrected chi connectivity index (χ0v) is 16.0. The van der Waals surface area contributed by atoms with Gasteiger partial charge in [0.15, 0.2) is 0 Å². The van der Waals surface area contributed by atoms with Gasteiger partial charge in [-0.05, 0) is 35.4 Å². The first-order valence-electron chi connectivity index (χ1n) is 8.72. The fourth-order valence-electron chi connectivity index (χ4n) is 2.94. The zero-order chi connectivity index (χ0) is 21.2. The number of carbonyl (C=O) groups excluding carboxylic acids is 2. The molecule has 0 aliphatic carbocycles. The number of benzene rings is 2. The normalized spacial score (nSPS) is 16.6. The Morgan fingerprint density at radius 2 is 1.48 bits per heavy atom. The topological polar surface area (TPSA) is 65.1 Å². The number of halogens is 2. The first kappa shape index (κ1) is 20.5. The Bertz CT molecular complexity index is 893. The van der Waals surface area contributed by atoms with Gasteiger partial charge in [-0.15, -0.1) is 0 Å². The summed E-state index contributed by atoms with van der Waals surface area (Å²) in [6, 6.07) is 10.1. The van der Waals surface area contributed by atoms with E-state index in [4.69, 9.17) is 14.3 Å². The standard InChI is InChI=1S/C21H19F2NO5/c1-21(2)28-17(20(26)29-21)12-18(25)24(27-3)19(13-4-8-15(22)9-5-13)14-6-10-16(23)11-7-14/h4-12,19H,1-3H3/b17-12-. The van der Waals surface area contributed by atoms with Crippen molar-refractivity contribution in [3.8, 4) is 0 Å². The van der Waals surface area contributed by atoms with E-state index in [0.29, 0.717) is 11.1 Å². The summed E-state index contributed by atoms with van der Waals surface area (Å²) in [5.41, 5.74) is 1.03. The number of cyclic esters (lactones) is 1. The molecule has 8 heteroatoms. The fraction of sp³-hybridized carbons (Fsp3) is 0.238. The fourth-order valence-corrected chi connectivity index (χ4v) is 2.94. The van der Waals surface area contributed by atoms with Gasteiger partial charge < -0.3 is 9.47 Å². The maximum absolute atomic E-state index is 13.4. The SMILES string of the molecule is CON(C(=O)/C=C1\OC(C)(C)OC1=O)C(c1ccc(F)cc1)c1ccc(F)cc1. The first-order valence-corrected chi connectivity index (χ1v) is 8.72. The maximum Gasteiger partial charge on any atom is 0.377 e. The molecule has 152 valence electrons. The Morgan fingerprint density at radius 1 is 1.00 bits per heavy atom. The molecule has 1 saturated heterocycles. The van der Waals surface area contributed by atoms with Crippen molar-refractivity contribution in [2.75, 3.05) is 7.11 Å². The van der Waals surface area contributed by atoms with Crippen LogP contribution in [0.1, 0.15) is 31.0 Å². The van der Waals surface area contributed by atoms with E-state index in [2.05, 4.69) is 0 Å². The quantitative estimate of drug-likeness (QED) is 0.433. The number of rotatable bonds is 5. The molecule has 1 heterocycles. The van der Waals surface area contributed by atoms with Gasteiger partial charge in [0.25, 0.3) is 5.91 Å². The lowest BCUT2D eigenvalue weighted by molar-refractivity contribution is -0.179. The number of nitrogens with zero attached hydrogens (tertiary/aromatic N) is 1. The third-order valence-electron chi connectivity index (χ3n) is 4.17. The largest absolute Gasteiger partial charge is 0.445 e. The molecule has 2 aromatic rings. The maximum atomic E-state index is 13.4. The summed E-state index contributed by atoms with van der Waals surface area (Å²) < 4.78 is 37.1. The predicted octanol–water partition coefficient (Wildman–Crippen LogP) is 3.64. The molecule has 29 heavy (non-hydrogen) atoms. The van der Waals surface area contributed by atoms with Crippen molar-refractivity contribution in [2.45, 2.75) is 25.7 Å². The Balaban J connectivity index is 2.00. The van der Waals surface area contributed by atoms with E-state index < -0.39 is 35.3 Å². The Hall–Kier alpha value is -3.26. The van der Waals surface area contributed by atoms with Crippen LogP contribution in [0.4, 0.5) is 8.78 Å². The molecular formula is C21H19F2NO5. The number of amides is 1. The van der Waals surface area contributed by atoms with E-state index in [-0.39, 0.29) is 5.76 Å². The van der Waals surface area contributed by atoms with Crippen LogP contribution >= 0.6 is 0 Å². The van der Waals surface area contributed by atoms with Crippen molar-refractivity contribution in [3.63, 3.8) is 0 Å². The lowest BCUT2D eigenvalue weighted by Gasteiger charge is -2.29. The molecule has 1 fully saturated rings. The lowest BCUT2D eigenvalue weighted by Crippen LogP contribution is -2.34. The van der Waals surface area contributed by atoms with Crippen LogP contribution in [-0.4, -0.2) is 29.8 Å². The van der Waals surface area contributed by atoms with Crippen LogP contribution in [0.3, 0.4) is 0 Å². The van der Waals surface area contributed by atoms with E-state index in [0.717, 1.165) is 11.1 Å². The van der Waals surface area contributed by atoms with Gasteiger partial charge in [0.2, 0.25) is 11.5 Å². The molecule has 0 N–H and O–H groups in total. The summed E-state index contributed by atoms with van der Waals surface area (Å²) >= 11 is 0. The van der Waals surface area contributed by atoms with Crippen molar-refractivity contribution in [2.24, 2.45) is 0 Å². The van der Waals surface area contributed by atoms with Gasteiger partial charge in [0, 0.05) is 13.8 Å². The molecule has 0 unspecified atom stereocenters. The third-order valence-corrected chi connectivity index (χ3v) is 4.17. The highest BCUT2D eigenvalue weighted by molar-refractivity contribution is 5.98. The molecule has 0 atom stereocenters. The van der Waals surface area contributed by atoms with E-state index >= 15 is 0 Å². The molecule has 2 aromatic carbocycles. The van der Waals surface area contributed by atoms with Gasteiger partial charge in [-0.3, -0.25) is 9.63 Å². The summed E-state index contributed by atoms with van der Waals surface area (Å²) in [6.07, 6.45) is 0.959. The summed E-state index contributed by atoms with van der Waals surface area (Å²) in [6.45, 7) is 3.06. The molecule has 0 radical (unpaired) electrons. The zero-order valence-electron chi connectivity index (χ0n) is 16.0. The van der Waals surface area contributed by atoms with Crippen LogP contribution in [0.2, 0.25) is 0 Å². The van der Waals surface area contributed by atoms with Crippen molar-refractivity contribution in [3.05, 3.63) is 83.1 Å². The van der Waals surface area contributed by atoms with Gasteiger partial charge in [-0.1, -0.05) is 24.3 Å². The van der Waals surface area contributed by atoms with Crippen LogP contribution in [0, 0.1) is 11.6 Å². The van der Waals surface area contributed by atoms with E-state index in [1.165, 1.54) is 69.5 Å².